The first-order valence-electron chi connectivity index (χ1n) is 7.24. The Kier molecular flexibility index (Phi) is 2.85. The van der Waals surface area contributed by atoms with E-state index in [1.807, 2.05) is 0 Å². The number of hydrogen-bond donors (Lipinski definition) is 1. The van der Waals surface area contributed by atoms with Gasteiger partial charge in [0, 0.05) is 37.0 Å². The van der Waals surface area contributed by atoms with Crippen LogP contribution < -0.4 is 15.8 Å². The van der Waals surface area contributed by atoms with Gasteiger partial charge in [0.15, 0.2) is 5.88 Å². The van der Waals surface area contributed by atoms with Crippen molar-refractivity contribution in [1.82, 2.24) is 10.2 Å². The first-order chi connectivity index (χ1) is 9.93. The Bertz CT molecular complexity index is 696. The van der Waals surface area contributed by atoms with E-state index in [9.17, 15) is 0 Å². The largest absolute Gasteiger partial charge is 0.466 e. The van der Waals surface area contributed by atoms with Crippen LogP contribution in [0.15, 0.2) is 48.6 Å². The van der Waals surface area contributed by atoms with Crippen molar-refractivity contribution in [2.24, 2.45) is 0 Å². The Labute approximate surface area is 118 Å². The molecule has 1 fully saturated rings. The van der Waals surface area contributed by atoms with Gasteiger partial charge in [-0.15, -0.1) is 0 Å². The van der Waals surface area contributed by atoms with Crippen LogP contribution in [0.3, 0.4) is 0 Å². The van der Waals surface area contributed by atoms with Gasteiger partial charge in [0.05, 0.1) is 0 Å². The Morgan fingerprint density at radius 1 is 1.05 bits per heavy atom. The predicted octanol–water partition coefficient (Wildman–Crippen LogP) is 0.333. The van der Waals surface area contributed by atoms with Gasteiger partial charge in [-0.2, -0.15) is 0 Å². The van der Waals surface area contributed by atoms with Crippen LogP contribution in [0.25, 0.3) is 11.5 Å². The van der Waals surface area contributed by atoms with Gasteiger partial charge in [0.25, 0.3) is 0 Å². The molecule has 102 valence electrons. The van der Waals surface area contributed by atoms with Crippen LogP contribution in [0.1, 0.15) is 0 Å². The maximum absolute atomic E-state index is 6.30. The van der Waals surface area contributed by atoms with Gasteiger partial charge >= 0.3 is 0 Å². The van der Waals surface area contributed by atoms with Crippen LogP contribution in [0.4, 0.5) is 0 Å². The van der Waals surface area contributed by atoms with Crippen LogP contribution in [-0.4, -0.2) is 37.2 Å². The molecule has 1 aromatic rings. The van der Waals surface area contributed by atoms with Gasteiger partial charge in [-0.25, -0.2) is 0 Å². The summed E-state index contributed by atoms with van der Waals surface area (Å²) in [6, 6.07) is 8.57. The lowest BCUT2D eigenvalue weighted by atomic mass is 9.98. The summed E-state index contributed by atoms with van der Waals surface area (Å²) < 4.78 is 6.30. The van der Waals surface area contributed by atoms with Crippen molar-refractivity contribution in [3.05, 3.63) is 59.0 Å². The monoisotopic (exact) mass is 266 g/mol. The maximum atomic E-state index is 6.30. The van der Waals surface area contributed by atoms with Crippen LogP contribution in [0.5, 0.6) is 0 Å². The van der Waals surface area contributed by atoms with Crippen molar-refractivity contribution < 1.29 is 4.74 Å². The molecule has 0 aromatic heterocycles. The van der Waals surface area contributed by atoms with E-state index in [0.29, 0.717) is 0 Å². The van der Waals surface area contributed by atoms with Gasteiger partial charge < -0.3 is 15.0 Å². The molecule has 0 radical (unpaired) electrons. The van der Waals surface area contributed by atoms with Crippen molar-refractivity contribution in [3.63, 3.8) is 0 Å². The Balaban J connectivity index is 1.94. The summed E-state index contributed by atoms with van der Waals surface area (Å²) in [7, 11) is 0. The second kappa shape index (κ2) is 4.84. The molecule has 0 bridgehead atoms. The smallest absolute Gasteiger partial charge is 0.198 e. The summed E-state index contributed by atoms with van der Waals surface area (Å²) >= 11 is 0. The summed E-state index contributed by atoms with van der Waals surface area (Å²) in [5, 5.41) is 5.92. The molecule has 3 aliphatic rings. The summed E-state index contributed by atoms with van der Waals surface area (Å²) in [4.78, 5) is 2.36. The standard InChI is InChI=1S/C17H18N2O/c1-2-7-15-13(5-1)14-6-3-4-8-16(14)20-17(15)19-11-9-18-10-12-19/h1-8,16,18H,9-12H2. The average Bonchev–Trinajstić information content (AvgIpc) is 2.55. The van der Waals surface area contributed by atoms with Crippen LogP contribution in [-0.2, 0) is 4.74 Å². The lowest BCUT2D eigenvalue weighted by Crippen LogP contribution is -2.49. The molecule has 0 saturated carbocycles. The highest BCUT2D eigenvalue weighted by atomic mass is 16.5. The van der Waals surface area contributed by atoms with E-state index in [0.717, 1.165) is 32.1 Å². The first-order valence-corrected chi connectivity index (χ1v) is 7.24. The van der Waals surface area contributed by atoms with Gasteiger partial charge in [-0.3, -0.25) is 0 Å². The zero-order valence-corrected chi connectivity index (χ0v) is 11.4. The number of allylic oxidation sites excluding steroid dienone is 2. The van der Waals surface area contributed by atoms with E-state index >= 15 is 0 Å². The molecule has 3 nitrogen and oxygen atoms in total. The van der Waals surface area contributed by atoms with Gasteiger partial charge in [-0.05, 0) is 17.4 Å². The minimum Gasteiger partial charge on any atom is -0.466 e. The lowest BCUT2D eigenvalue weighted by molar-refractivity contribution is 0.162. The molecule has 4 rings (SSSR count). The fraction of sp³-hybridized carbons (Fsp3) is 0.294. The topological polar surface area (TPSA) is 24.5 Å². The molecular weight excluding hydrogens is 248 g/mol. The average molecular weight is 266 g/mol. The van der Waals surface area contributed by atoms with Gasteiger partial charge in [0.2, 0.25) is 0 Å². The number of nitrogens with zero attached hydrogens (tertiary/aromatic N) is 1. The molecule has 1 atom stereocenters. The Hall–Kier alpha value is -2.00. The van der Waals surface area contributed by atoms with Crippen LogP contribution in [0.2, 0.25) is 0 Å². The lowest BCUT2D eigenvalue weighted by Gasteiger charge is -2.35. The predicted molar refractivity (Wildman–Crippen MR) is 80.1 cm³/mol. The third kappa shape index (κ3) is 1.86. The summed E-state index contributed by atoms with van der Waals surface area (Å²) in [6.07, 6.45) is 8.50. The third-order valence-corrected chi connectivity index (χ3v) is 4.09. The minimum absolute atomic E-state index is 0.0554. The van der Waals surface area contributed by atoms with Gasteiger partial charge in [0.1, 0.15) is 6.10 Å². The second-order valence-corrected chi connectivity index (χ2v) is 5.33. The summed E-state index contributed by atoms with van der Waals surface area (Å²) in [5.74, 6) is 1.04. The van der Waals surface area contributed by atoms with Crippen LogP contribution in [0, 0.1) is 0 Å². The summed E-state index contributed by atoms with van der Waals surface area (Å²) in [6.45, 7) is 4.05. The van der Waals surface area contributed by atoms with Crippen LogP contribution >= 0.6 is 0 Å². The highest BCUT2D eigenvalue weighted by Crippen LogP contribution is 2.22. The first kappa shape index (κ1) is 11.8. The van der Waals surface area contributed by atoms with Crippen molar-refractivity contribution in [2.45, 2.75) is 6.10 Å². The number of benzene rings is 1. The molecule has 2 aliphatic heterocycles. The zero-order chi connectivity index (χ0) is 13.4. The fourth-order valence-electron chi connectivity index (χ4n) is 3.09. The normalized spacial score (nSPS) is 24.2. The zero-order valence-electron chi connectivity index (χ0n) is 11.4. The number of ether oxygens (including phenoxy) is 1. The van der Waals surface area contributed by atoms with E-state index in [1.54, 1.807) is 0 Å². The Morgan fingerprint density at radius 3 is 2.70 bits per heavy atom. The molecule has 2 heterocycles. The second-order valence-electron chi connectivity index (χ2n) is 5.33. The van der Waals surface area contributed by atoms with Crippen molar-refractivity contribution in [1.29, 1.82) is 0 Å². The molecule has 0 spiro atoms. The fourth-order valence-corrected chi connectivity index (χ4v) is 3.09. The molecule has 1 unspecified atom stereocenters. The molecular formula is C17H18N2O. The number of rotatable bonds is 1. The van der Waals surface area contributed by atoms with E-state index in [1.165, 1.54) is 16.0 Å². The maximum Gasteiger partial charge on any atom is 0.198 e. The molecule has 1 N–H and O–H groups in total. The number of fused-ring (bicyclic) bond motifs is 2. The number of hydrogen-bond acceptors (Lipinski definition) is 3. The number of nitrogens with one attached hydrogen (secondary N) is 1. The van der Waals surface area contributed by atoms with E-state index < -0.39 is 0 Å². The molecule has 1 aromatic carbocycles. The van der Waals surface area contributed by atoms with Gasteiger partial charge in [-0.1, -0.05) is 36.4 Å². The third-order valence-electron chi connectivity index (χ3n) is 4.09. The van der Waals surface area contributed by atoms with E-state index in [2.05, 4.69) is 58.8 Å². The van der Waals surface area contributed by atoms with E-state index in [4.69, 9.17) is 4.74 Å². The van der Waals surface area contributed by atoms with Crippen molar-refractivity contribution in [3.8, 4) is 0 Å². The quantitative estimate of drug-likeness (QED) is 0.793. The van der Waals surface area contributed by atoms with Crippen molar-refractivity contribution in [2.75, 3.05) is 26.2 Å². The SMILES string of the molecule is C1=CC2=c3ccccc3=C(N3CCNCC3)OC2C=C1. The van der Waals surface area contributed by atoms with Crippen molar-refractivity contribution >= 4 is 11.5 Å². The highest BCUT2D eigenvalue weighted by molar-refractivity contribution is 5.68. The van der Waals surface area contributed by atoms with E-state index in [-0.39, 0.29) is 6.10 Å². The Morgan fingerprint density at radius 2 is 1.85 bits per heavy atom. The molecule has 3 heteroatoms. The molecule has 1 aliphatic carbocycles. The number of piperazine rings is 1. The highest BCUT2D eigenvalue weighted by Gasteiger charge is 2.24. The minimum atomic E-state index is 0.0554. The molecule has 0 amide bonds. The molecule has 1 saturated heterocycles. The summed E-state index contributed by atoms with van der Waals surface area (Å²) in [5.41, 5.74) is 1.27. The molecule has 20 heavy (non-hydrogen) atoms.